The highest BCUT2D eigenvalue weighted by Crippen LogP contribution is 2.26. The lowest BCUT2D eigenvalue weighted by Gasteiger charge is -2.26. The number of fused-ring (bicyclic) bond motifs is 1. The lowest BCUT2D eigenvalue weighted by atomic mass is 10.0. The molecule has 0 saturated heterocycles. The molecule has 0 heterocycles. The number of amides is 1. The number of ether oxygens (including phenoxy) is 3. The summed E-state index contributed by atoms with van der Waals surface area (Å²) in [5, 5.41) is 9.27. The Hall–Kier alpha value is -3.06. The second-order valence-corrected chi connectivity index (χ2v) is 9.26. The highest BCUT2D eigenvalue weighted by atomic mass is 16.6. The van der Waals surface area contributed by atoms with Crippen molar-refractivity contribution >= 4 is 12.1 Å². The van der Waals surface area contributed by atoms with Gasteiger partial charge in [0, 0.05) is 19.6 Å². The Labute approximate surface area is 214 Å². The molecule has 1 N–H and O–H groups in total. The van der Waals surface area contributed by atoms with Crippen molar-refractivity contribution in [2.75, 3.05) is 26.3 Å². The molecule has 1 aliphatic rings. The van der Waals surface area contributed by atoms with Crippen LogP contribution < -0.4 is 9.47 Å². The summed E-state index contributed by atoms with van der Waals surface area (Å²) in [6.45, 7) is 7.75. The zero-order valence-electron chi connectivity index (χ0n) is 21.7. The molecule has 0 aliphatic heterocycles. The molecular formula is C29H39NO6. The molecule has 0 aromatic heterocycles. The molecule has 36 heavy (non-hydrogen) atoms. The maximum Gasteiger partial charge on any atom is 0.415 e. The quantitative estimate of drug-likeness (QED) is 0.370. The number of hydrogen-bond acceptors (Lipinski definition) is 5. The highest BCUT2D eigenvalue weighted by molar-refractivity contribution is 5.72. The second kappa shape index (κ2) is 13.9. The van der Waals surface area contributed by atoms with Crippen LogP contribution in [0.3, 0.4) is 0 Å². The lowest BCUT2D eigenvalue weighted by Crippen LogP contribution is -2.40. The van der Waals surface area contributed by atoms with Crippen LogP contribution in [0.5, 0.6) is 11.5 Å². The van der Waals surface area contributed by atoms with Crippen LogP contribution in [0.4, 0.5) is 4.79 Å². The van der Waals surface area contributed by atoms with Gasteiger partial charge in [0.2, 0.25) is 0 Å². The van der Waals surface area contributed by atoms with Gasteiger partial charge in [-0.05, 0) is 73.1 Å². The van der Waals surface area contributed by atoms with Crippen LogP contribution in [-0.4, -0.2) is 54.5 Å². The van der Waals surface area contributed by atoms with Crippen molar-refractivity contribution in [3.05, 3.63) is 59.2 Å². The van der Waals surface area contributed by atoms with Gasteiger partial charge in [0.15, 0.2) is 6.10 Å². The second-order valence-electron chi connectivity index (χ2n) is 9.26. The zero-order valence-corrected chi connectivity index (χ0v) is 21.7. The predicted octanol–water partition coefficient (Wildman–Crippen LogP) is 5.52. The number of carboxylic acids is 1. The first-order valence-corrected chi connectivity index (χ1v) is 13.1. The van der Waals surface area contributed by atoms with E-state index in [0.717, 1.165) is 37.7 Å². The first-order valence-electron chi connectivity index (χ1n) is 13.1. The molecule has 0 bridgehead atoms. The average molecular weight is 498 g/mol. The van der Waals surface area contributed by atoms with Crippen LogP contribution in [0.2, 0.25) is 0 Å². The molecule has 2 aromatic rings. The van der Waals surface area contributed by atoms with Crippen LogP contribution in [0, 0.1) is 5.92 Å². The van der Waals surface area contributed by atoms with Crippen LogP contribution in [0.25, 0.3) is 0 Å². The molecular weight excluding hydrogens is 458 g/mol. The number of rotatable bonds is 14. The predicted molar refractivity (Wildman–Crippen MR) is 139 cm³/mol. The molecule has 7 nitrogen and oxygen atoms in total. The van der Waals surface area contributed by atoms with E-state index < -0.39 is 12.1 Å². The van der Waals surface area contributed by atoms with Crippen molar-refractivity contribution in [3.8, 4) is 11.5 Å². The van der Waals surface area contributed by atoms with Crippen LogP contribution in [-0.2, 0) is 28.8 Å². The summed E-state index contributed by atoms with van der Waals surface area (Å²) in [5.74, 6) is 0.681. The molecule has 7 heteroatoms. The normalized spacial score (nSPS) is 13.3. The lowest BCUT2D eigenvalue weighted by molar-refractivity contribution is -0.149. The summed E-state index contributed by atoms with van der Waals surface area (Å²) < 4.78 is 16.9. The summed E-state index contributed by atoms with van der Waals surface area (Å²) in [5.41, 5.74) is 3.48. The van der Waals surface area contributed by atoms with Crippen LogP contribution in [0.15, 0.2) is 42.5 Å². The van der Waals surface area contributed by atoms with E-state index in [2.05, 4.69) is 19.9 Å². The van der Waals surface area contributed by atoms with E-state index in [-0.39, 0.29) is 6.09 Å². The smallest absolute Gasteiger partial charge is 0.415 e. The van der Waals surface area contributed by atoms with E-state index in [1.165, 1.54) is 11.1 Å². The van der Waals surface area contributed by atoms with Crippen molar-refractivity contribution in [2.24, 2.45) is 5.92 Å². The van der Waals surface area contributed by atoms with Gasteiger partial charge in [0.1, 0.15) is 18.1 Å². The summed E-state index contributed by atoms with van der Waals surface area (Å²) in [6.07, 6.45) is 4.33. The van der Waals surface area contributed by atoms with Crippen molar-refractivity contribution in [2.45, 2.75) is 65.4 Å². The number of aliphatic carboxylic acids is 1. The third-order valence-corrected chi connectivity index (χ3v) is 6.78. The standard InChI is InChI=1S/C29H39NO6/c1-4-21(5-2)20-30(29(33)36-26-15-12-23-8-7-9-24(23)19-26)16-17-35-25-13-10-22(11-14-25)18-27(28(31)32)34-6-3/h10-15,19,21,27H,4-9,16-18,20H2,1-3H3,(H,31,32). The van der Waals surface area contributed by atoms with Gasteiger partial charge in [-0.15, -0.1) is 0 Å². The fourth-order valence-electron chi connectivity index (χ4n) is 4.52. The number of aryl methyl sites for hydroxylation is 2. The van der Waals surface area contributed by atoms with E-state index in [1.54, 1.807) is 11.8 Å². The zero-order chi connectivity index (χ0) is 25.9. The highest BCUT2D eigenvalue weighted by Gasteiger charge is 2.21. The minimum absolute atomic E-state index is 0.293. The van der Waals surface area contributed by atoms with Crippen molar-refractivity contribution in [3.63, 3.8) is 0 Å². The number of carbonyl (C=O) groups excluding carboxylic acids is 1. The molecule has 1 aliphatic carbocycles. The molecule has 1 amide bonds. The Bertz CT molecular complexity index is 986. The molecule has 2 aromatic carbocycles. The molecule has 3 rings (SSSR count). The Balaban J connectivity index is 1.57. The van der Waals surface area contributed by atoms with Crippen LogP contribution >= 0.6 is 0 Å². The third-order valence-electron chi connectivity index (χ3n) is 6.78. The topological polar surface area (TPSA) is 85.3 Å². The SMILES string of the molecule is CCOC(Cc1ccc(OCCN(CC(CC)CC)C(=O)Oc2ccc3c(c2)CCC3)cc1)C(=O)O. The number of carboxylic acid groups (broad SMARTS) is 1. The van der Waals surface area contributed by atoms with Gasteiger partial charge in [0.25, 0.3) is 0 Å². The largest absolute Gasteiger partial charge is 0.492 e. The number of benzene rings is 2. The van der Waals surface area contributed by atoms with E-state index in [0.29, 0.717) is 50.1 Å². The van der Waals surface area contributed by atoms with Gasteiger partial charge >= 0.3 is 12.1 Å². The van der Waals surface area contributed by atoms with Gasteiger partial charge in [-0.2, -0.15) is 0 Å². The summed E-state index contributed by atoms with van der Waals surface area (Å²) in [7, 11) is 0. The Morgan fingerprint density at radius 3 is 2.33 bits per heavy atom. The molecule has 0 radical (unpaired) electrons. The van der Waals surface area contributed by atoms with Crippen molar-refractivity contribution < 1.29 is 28.9 Å². The van der Waals surface area contributed by atoms with Crippen LogP contribution in [0.1, 0.15) is 56.7 Å². The van der Waals surface area contributed by atoms with Crippen molar-refractivity contribution in [1.29, 1.82) is 0 Å². The summed E-state index contributed by atoms with van der Waals surface area (Å²) in [6, 6.07) is 13.3. The monoisotopic (exact) mass is 497 g/mol. The number of carbonyl (C=O) groups is 2. The van der Waals surface area contributed by atoms with Gasteiger partial charge in [-0.1, -0.05) is 44.9 Å². The van der Waals surface area contributed by atoms with Gasteiger partial charge < -0.3 is 24.2 Å². The van der Waals surface area contributed by atoms with E-state index in [1.807, 2.05) is 36.4 Å². The molecule has 196 valence electrons. The average Bonchev–Trinajstić information content (AvgIpc) is 3.34. The Morgan fingerprint density at radius 1 is 0.972 bits per heavy atom. The Kier molecular flexibility index (Phi) is 10.6. The fraction of sp³-hybridized carbons (Fsp3) is 0.517. The van der Waals surface area contributed by atoms with Gasteiger partial charge in [0.05, 0.1) is 6.54 Å². The van der Waals surface area contributed by atoms with Gasteiger partial charge in [-0.3, -0.25) is 0 Å². The Morgan fingerprint density at radius 2 is 1.67 bits per heavy atom. The van der Waals surface area contributed by atoms with E-state index in [4.69, 9.17) is 14.2 Å². The van der Waals surface area contributed by atoms with Gasteiger partial charge in [-0.25, -0.2) is 9.59 Å². The minimum atomic E-state index is -0.971. The maximum atomic E-state index is 13.1. The first-order chi connectivity index (χ1) is 17.4. The van der Waals surface area contributed by atoms with Crippen molar-refractivity contribution in [1.82, 2.24) is 4.90 Å². The number of hydrogen-bond donors (Lipinski definition) is 1. The first kappa shape index (κ1) is 27.5. The summed E-state index contributed by atoms with van der Waals surface area (Å²) in [4.78, 5) is 26.1. The third kappa shape index (κ3) is 7.98. The van der Waals surface area contributed by atoms with E-state index >= 15 is 0 Å². The number of nitrogens with zero attached hydrogens (tertiary/aromatic N) is 1. The molecule has 1 unspecified atom stereocenters. The minimum Gasteiger partial charge on any atom is -0.492 e. The fourth-order valence-corrected chi connectivity index (χ4v) is 4.52. The molecule has 0 fully saturated rings. The molecule has 0 spiro atoms. The molecule has 0 saturated carbocycles. The van der Waals surface area contributed by atoms with E-state index in [9.17, 15) is 14.7 Å². The molecule has 1 atom stereocenters. The maximum absolute atomic E-state index is 13.1. The summed E-state index contributed by atoms with van der Waals surface area (Å²) >= 11 is 0.